The Balaban J connectivity index is 3.20. The molecule has 0 saturated carbocycles. The summed E-state index contributed by atoms with van der Waals surface area (Å²) in [6.45, 7) is 5.66. The van der Waals surface area contributed by atoms with Crippen molar-refractivity contribution in [3.05, 3.63) is 0 Å². The van der Waals surface area contributed by atoms with Crippen LogP contribution in [0, 0.1) is 5.92 Å². The predicted octanol–water partition coefficient (Wildman–Crippen LogP) is 2.35. The molecule has 0 aromatic heterocycles. The molecule has 0 bridgehead atoms. The van der Waals surface area contributed by atoms with Gasteiger partial charge in [-0.1, -0.05) is 20.3 Å². The number of carbonyl (C=O) groups excluding carboxylic acids is 1. The Kier molecular flexibility index (Phi) is 10.2. The van der Waals surface area contributed by atoms with Gasteiger partial charge in [-0.3, -0.25) is 4.79 Å². The van der Waals surface area contributed by atoms with Crippen LogP contribution in [0.2, 0.25) is 0 Å². The van der Waals surface area contributed by atoms with Gasteiger partial charge < -0.3 is 9.47 Å². The van der Waals surface area contributed by atoms with E-state index in [9.17, 15) is 4.79 Å². The van der Waals surface area contributed by atoms with Crippen molar-refractivity contribution in [2.75, 3.05) is 31.8 Å². The minimum absolute atomic E-state index is 0.0179. The van der Waals surface area contributed by atoms with Crippen LogP contribution in [0.15, 0.2) is 0 Å². The quantitative estimate of drug-likeness (QED) is 0.453. The molecule has 0 aliphatic heterocycles. The fourth-order valence-corrected chi connectivity index (χ4v) is 1.89. The van der Waals surface area contributed by atoms with E-state index in [-0.39, 0.29) is 11.9 Å². The molecule has 0 saturated heterocycles. The van der Waals surface area contributed by atoms with Gasteiger partial charge in [0, 0.05) is 18.1 Å². The molecule has 0 aromatic carbocycles. The van der Waals surface area contributed by atoms with E-state index in [1.165, 1.54) is 13.5 Å². The number of methoxy groups -OCH3 is 1. The van der Waals surface area contributed by atoms with Gasteiger partial charge in [-0.25, -0.2) is 0 Å². The first-order chi connectivity index (χ1) is 7.22. The maximum Gasteiger partial charge on any atom is 0.309 e. The molecule has 0 aromatic rings. The van der Waals surface area contributed by atoms with Crippen LogP contribution in [-0.4, -0.2) is 37.8 Å². The molecule has 0 rings (SSSR count). The summed E-state index contributed by atoms with van der Waals surface area (Å²) in [6, 6.07) is 0. The van der Waals surface area contributed by atoms with Crippen molar-refractivity contribution < 1.29 is 14.3 Å². The Bertz CT molecular complexity index is 162. The lowest BCUT2D eigenvalue weighted by molar-refractivity contribution is -0.143. The highest BCUT2D eigenvalue weighted by molar-refractivity contribution is 7.99. The fraction of sp³-hybridized carbons (Fsp3) is 0.909. The Morgan fingerprint density at radius 1 is 1.40 bits per heavy atom. The Hall–Kier alpha value is -0.220. The lowest BCUT2D eigenvalue weighted by Crippen LogP contribution is -2.15. The van der Waals surface area contributed by atoms with E-state index in [4.69, 9.17) is 4.74 Å². The second kappa shape index (κ2) is 10.3. The molecular weight excluding hydrogens is 212 g/mol. The average Bonchev–Trinajstić information content (AvgIpc) is 2.26. The highest BCUT2D eigenvalue weighted by Crippen LogP contribution is 2.09. The largest absolute Gasteiger partial charge is 0.469 e. The lowest BCUT2D eigenvalue weighted by Gasteiger charge is -2.08. The molecular formula is C11H22O3S. The van der Waals surface area contributed by atoms with Gasteiger partial charge in [-0.15, -0.1) is 0 Å². The summed E-state index contributed by atoms with van der Waals surface area (Å²) in [7, 11) is 1.43. The third-order valence-electron chi connectivity index (χ3n) is 1.99. The summed E-state index contributed by atoms with van der Waals surface area (Å²) < 4.78 is 10.0. The topological polar surface area (TPSA) is 35.5 Å². The van der Waals surface area contributed by atoms with Gasteiger partial charge in [0.2, 0.25) is 0 Å². The third-order valence-corrected chi connectivity index (χ3v) is 3.18. The van der Waals surface area contributed by atoms with Crippen LogP contribution in [0.1, 0.15) is 26.7 Å². The first kappa shape index (κ1) is 14.8. The van der Waals surface area contributed by atoms with Crippen LogP contribution in [0.4, 0.5) is 0 Å². The number of rotatable bonds is 9. The van der Waals surface area contributed by atoms with E-state index >= 15 is 0 Å². The monoisotopic (exact) mass is 234 g/mol. The van der Waals surface area contributed by atoms with Crippen molar-refractivity contribution in [2.24, 2.45) is 5.92 Å². The van der Waals surface area contributed by atoms with Gasteiger partial charge in [0.05, 0.1) is 19.6 Å². The zero-order valence-electron chi connectivity index (χ0n) is 9.95. The van der Waals surface area contributed by atoms with Crippen molar-refractivity contribution in [3.63, 3.8) is 0 Å². The summed E-state index contributed by atoms with van der Waals surface area (Å²) in [6.07, 6.45) is 2.30. The summed E-state index contributed by atoms with van der Waals surface area (Å²) in [5, 5.41) is 0. The van der Waals surface area contributed by atoms with Crippen LogP contribution in [0.5, 0.6) is 0 Å². The Morgan fingerprint density at radius 3 is 2.73 bits per heavy atom. The number of carbonyl (C=O) groups is 1. The van der Waals surface area contributed by atoms with Gasteiger partial charge in [-0.05, 0) is 6.42 Å². The molecule has 0 aliphatic rings. The van der Waals surface area contributed by atoms with E-state index < -0.39 is 0 Å². The van der Waals surface area contributed by atoms with E-state index in [1.54, 1.807) is 11.8 Å². The molecule has 0 radical (unpaired) electrons. The van der Waals surface area contributed by atoms with Crippen molar-refractivity contribution in [1.82, 2.24) is 0 Å². The standard InChI is InChI=1S/C11H22O3S/c1-4-5-6-14-7-8-15-9-10(2)11(12)13-3/h10H,4-9H2,1-3H3. The Labute approximate surface area is 96.9 Å². The SMILES string of the molecule is CCCCOCCSCC(C)C(=O)OC. The number of esters is 1. The van der Waals surface area contributed by atoms with Crippen molar-refractivity contribution >= 4 is 17.7 Å². The van der Waals surface area contributed by atoms with E-state index in [2.05, 4.69) is 11.7 Å². The second-order valence-corrected chi connectivity index (χ2v) is 4.61. The van der Waals surface area contributed by atoms with E-state index in [0.717, 1.165) is 31.1 Å². The Morgan fingerprint density at radius 2 is 2.13 bits per heavy atom. The molecule has 1 unspecified atom stereocenters. The van der Waals surface area contributed by atoms with Crippen LogP contribution >= 0.6 is 11.8 Å². The summed E-state index contributed by atoms with van der Waals surface area (Å²) >= 11 is 1.74. The molecule has 0 amide bonds. The van der Waals surface area contributed by atoms with Crippen LogP contribution in [0.3, 0.4) is 0 Å². The molecule has 90 valence electrons. The fourth-order valence-electron chi connectivity index (χ4n) is 0.996. The molecule has 0 N–H and O–H groups in total. The highest BCUT2D eigenvalue weighted by Gasteiger charge is 2.12. The average molecular weight is 234 g/mol. The number of hydrogen-bond donors (Lipinski definition) is 0. The first-order valence-corrected chi connectivity index (χ1v) is 6.61. The van der Waals surface area contributed by atoms with Crippen molar-refractivity contribution in [1.29, 1.82) is 0 Å². The molecule has 3 nitrogen and oxygen atoms in total. The molecule has 0 heterocycles. The normalized spacial score (nSPS) is 12.5. The van der Waals surface area contributed by atoms with E-state index in [0.29, 0.717) is 0 Å². The second-order valence-electron chi connectivity index (χ2n) is 3.47. The number of unbranched alkanes of at least 4 members (excludes halogenated alkanes) is 1. The lowest BCUT2D eigenvalue weighted by atomic mass is 10.2. The van der Waals surface area contributed by atoms with Crippen molar-refractivity contribution in [2.45, 2.75) is 26.7 Å². The maximum atomic E-state index is 11.1. The number of thioether (sulfide) groups is 1. The molecule has 0 aliphatic carbocycles. The maximum absolute atomic E-state index is 11.1. The predicted molar refractivity (Wildman–Crippen MR) is 64.2 cm³/mol. The number of ether oxygens (including phenoxy) is 2. The van der Waals surface area contributed by atoms with Crippen LogP contribution < -0.4 is 0 Å². The molecule has 15 heavy (non-hydrogen) atoms. The van der Waals surface area contributed by atoms with Gasteiger partial charge in [0.15, 0.2) is 0 Å². The van der Waals surface area contributed by atoms with Crippen LogP contribution in [-0.2, 0) is 14.3 Å². The van der Waals surface area contributed by atoms with Crippen LogP contribution in [0.25, 0.3) is 0 Å². The molecule has 4 heteroatoms. The number of hydrogen-bond acceptors (Lipinski definition) is 4. The van der Waals surface area contributed by atoms with E-state index in [1.807, 2.05) is 6.92 Å². The van der Waals surface area contributed by atoms with Gasteiger partial charge in [0.25, 0.3) is 0 Å². The third kappa shape index (κ3) is 8.75. The minimum Gasteiger partial charge on any atom is -0.469 e. The van der Waals surface area contributed by atoms with Gasteiger partial charge in [-0.2, -0.15) is 11.8 Å². The molecule has 0 fully saturated rings. The zero-order valence-corrected chi connectivity index (χ0v) is 10.8. The first-order valence-electron chi connectivity index (χ1n) is 5.45. The highest BCUT2D eigenvalue weighted by atomic mass is 32.2. The zero-order chi connectivity index (χ0) is 11.5. The summed E-state index contributed by atoms with van der Waals surface area (Å²) in [5.74, 6) is 1.61. The van der Waals surface area contributed by atoms with Crippen molar-refractivity contribution in [3.8, 4) is 0 Å². The molecule has 1 atom stereocenters. The minimum atomic E-state index is -0.130. The molecule has 0 spiro atoms. The summed E-state index contributed by atoms with van der Waals surface area (Å²) in [5.41, 5.74) is 0. The van der Waals surface area contributed by atoms with Gasteiger partial charge >= 0.3 is 5.97 Å². The smallest absolute Gasteiger partial charge is 0.309 e. The van der Waals surface area contributed by atoms with Gasteiger partial charge in [0.1, 0.15) is 0 Å². The summed E-state index contributed by atoms with van der Waals surface area (Å²) in [4.78, 5) is 11.1.